The lowest BCUT2D eigenvalue weighted by Gasteiger charge is -2.49. The Bertz CT molecular complexity index is 463. The van der Waals surface area contributed by atoms with Gasteiger partial charge in [-0.1, -0.05) is 45.2 Å². The van der Waals surface area contributed by atoms with E-state index in [1.807, 2.05) is 0 Å². The second-order valence-corrected chi connectivity index (χ2v) is 7.65. The summed E-state index contributed by atoms with van der Waals surface area (Å²) in [6, 6.07) is 0. The first-order valence-electron chi connectivity index (χ1n) is 8.28. The molecular formula is C16H28N4O. The van der Waals surface area contributed by atoms with Gasteiger partial charge in [0.25, 0.3) is 0 Å². The van der Waals surface area contributed by atoms with Crippen molar-refractivity contribution in [2.45, 2.75) is 70.4 Å². The predicted octanol–water partition coefficient (Wildman–Crippen LogP) is 2.48. The molecule has 0 radical (unpaired) electrons. The average Bonchev–Trinajstić information content (AvgIpc) is 2.91. The Hall–Kier alpha value is -0.940. The minimum atomic E-state index is -0.0479. The van der Waals surface area contributed by atoms with Crippen molar-refractivity contribution in [2.75, 3.05) is 19.6 Å². The van der Waals surface area contributed by atoms with E-state index in [0.717, 1.165) is 37.9 Å². The number of rotatable bonds is 2. The van der Waals surface area contributed by atoms with Gasteiger partial charge in [-0.3, -0.25) is 4.90 Å². The summed E-state index contributed by atoms with van der Waals surface area (Å²) in [4.78, 5) is 7.20. The summed E-state index contributed by atoms with van der Waals surface area (Å²) in [6.45, 7) is 10.4. The van der Waals surface area contributed by atoms with Gasteiger partial charge in [0.15, 0.2) is 5.82 Å². The van der Waals surface area contributed by atoms with Crippen LogP contribution in [-0.4, -0.2) is 40.2 Å². The van der Waals surface area contributed by atoms with Gasteiger partial charge >= 0.3 is 0 Å². The van der Waals surface area contributed by atoms with Crippen LogP contribution in [0.25, 0.3) is 0 Å². The first-order chi connectivity index (χ1) is 10.00. The predicted molar refractivity (Wildman–Crippen MR) is 82.1 cm³/mol. The molecule has 118 valence electrons. The third-order valence-corrected chi connectivity index (χ3v) is 4.93. The van der Waals surface area contributed by atoms with E-state index in [0.29, 0.717) is 5.54 Å². The number of hydrogen-bond donors (Lipinski definition) is 1. The molecule has 1 aliphatic heterocycles. The summed E-state index contributed by atoms with van der Waals surface area (Å²) in [6.07, 6.45) is 6.65. The lowest BCUT2D eigenvalue weighted by Crippen LogP contribution is -2.61. The van der Waals surface area contributed by atoms with Crippen LogP contribution < -0.4 is 5.32 Å². The zero-order valence-electron chi connectivity index (χ0n) is 13.6. The molecule has 1 saturated carbocycles. The van der Waals surface area contributed by atoms with Gasteiger partial charge in [-0.05, 0) is 12.8 Å². The summed E-state index contributed by atoms with van der Waals surface area (Å²) in [5.41, 5.74) is 0.264. The van der Waals surface area contributed by atoms with Gasteiger partial charge in [0, 0.05) is 30.6 Å². The third-order valence-electron chi connectivity index (χ3n) is 4.93. The van der Waals surface area contributed by atoms with Crippen LogP contribution in [-0.2, 0) is 12.0 Å². The summed E-state index contributed by atoms with van der Waals surface area (Å²) in [7, 11) is 0. The van der Waals surface area contributed by atoms with Crippen molar-refractivity contribution >= 4 is 0 Å². The van der Waals surface area contributed by atoms with Gasteiger partial charge in [-0.15, -0.1) is 0 Å². The van der Waals surface area contributed by atoms with Crippen LogP contribution in [0.3, 0.4) is 0 Å². The highest BCUT2D eigenvalue weighted by Crippen LogP contribution is 2.35. The first-order valence-corrected chi connectivity index (χ1v) is 8.28. The van der Waals surface area contributed by atoms with Gasteiger partial charge in [0.05, 0.1) is 6.54 Å². The molecule has 1 saturated heterocycles. The van der Waals surface area contributed by atoms with E-state index in [1.165, 1.54) is 32.1 Å². The highest BCUT2D eigenvalue weighted by Gasteiger charge is 2.40. The highest BCUT2D eigenvalue weighted by atomic mass is 16.5. The SMILES string of the molecule is CC(C)(C)c1noc(CN2CCNCC23CCCCC3)n1. The Labute approximate surface area is 127 Å². The summed E-state index contributed by atoms with van der Waals surface area (Å²) in [5, 5.41) is 7.74. The number of aromatic nitrogens is 2. The number of hydrogen-bond acceptors (Lipinski definition) is 5. The van der Waals surface area contributed by atoms with E-state index >= 15 is 0 Å². The molecule has 5 nitrogen and oxygen atoms in total. The molecule has 1 spiro atoms. The average molecular weight is 292 g/mol. The Kier molecular flexibility index (Phi) is 4.06. The van der Waals surface area contributed by atoms with Crippen LogP contribution in [0.2, 0.25) is 0 Å². The molecule has 0 unspecified atom stereocenters. The zero-order chi connectivity index (χ0) is 14.9. The molecular weight excluding hydrogens is 264 g/mol. The number of nitrogens with zero attached hydrogens (tertiary/aromatic N) is 3. The summed E-state index contributed by atoms with van der Waals surface area (Å²) < 4.78 is 5.50. The van der Waals surface area contributed by atoms with Gasteiger partial charge in [-0.2, -0.15) is 4.98 Å². The monoisotopic (exact) mass is 292 g/mol. The van der Waals surface area contributed by atoms with Crippen molar-refractivity contribution in [3.63, 3.8) is 0 Å². The van der Waals surface area contributed by atoms with Gasteiger partial charge < -0.3 is 9.84 Å². The first kappa shape index (κ1) is 15.0. The normalized spacial score (nSPS) is 23.6. The molecule has 1 aromatic heterocycles. The van der Waals surface area contributed by atoms with Crippen LogP contribution in [0.5, 0.6) is 0 Å². The van der Waals surface area contributed by atoms with Crippen LogP contribution in [0.4, 0.5) is 0 Å². The minimum Gasteiger partial charge on any atom is -0.338 e. The standard InChI is InChI=1S/C16H28N4O/c1-15(2,3)14-18-13(21-19-14)11-20-10-9-17-12-16(20)7-5-4-6-8-16/h17H,4-12H2,1-3H3. The molecule has 0 atom stereocenters. The third kappa shape index (κ3) is 3.14. The quantitative estimate of drug-likeness (QED) is 0.907. The maximum Gasteiger partial charge on any atom is 0.240 e. The molecule has 2 fully saturated rings. The Balaban J connectivity index is 1.74. The molecule has 2 aliphatic rings. The Morgan fingerprint density at radius 2 is 2.00 bits per heavy atom. The molecule has 3 rings (SSSR count). The number of nitrogens with one attached hydrogen (secondary N) is 1. The summed E-state index contributed by atoms with van der Waals surface area (Å²) in [5.74, 6) is 1.58. The molecule has 0 aromatic carbocycles. The van der Waals surface area contributed by atoms with Crippen LogP contribution in [0.15, 0.2) is 4.52 Å². The van der Waals surface area contributed by atoms with Crippen molar-refractivity contribution in [3.05, 3.63) is 11.7 Å². The molecule has 21 heavy (non-hydrogen) atoms. The topological polar surface area (TPSA) is 54.2 Å². The Morgan fingerprint density at radius 3 is 2.67 bits per heavy atom. The van der Waals surface area contributed by atoms with Gasteiger partial charge in [-0.25, -0.2) is 0 Å². The number of piperazine rings is 1. The maximum absolute atomic E-state index is 5.50. The highest BCUT2D eigenvalue weighted by molar-refractivity contribution is 5.02. The van der Waals surface area contributed by atoms with Crippen molar-refractivity contribution in [2.24, 2.45) is 0 Å². The van der Waals surface area contributed by atoms with Gasteiger partial charge in [0.2, 0.25) is 5.89 Å². The zero-order valence-corrected chi connectivity index (χ0v) is 13.6. The van der Waals surface area contributed by atoms with E-state index in [9.17, 15) is 0 Å². The van der Waals surface area contributed by atoms with Crippen LogP contribution in [0, 0.1) is 0 Å². The molecule has 1 N–H and O–H groups in total. The lowest BCUT2D eigenvalue weighted by atomic mass is 9.79. The fourth-order valence-corrected chi connectivity index (χ4v) is 3.62. The smallest absolute Gasteiger partial charge is 0.240 e. The van der Waals surface area contributed by atoms with E-state index in [-0.39, 0.29) is 5.41 Å². The molecule has 0 amide bonds. The largest absolute Gasteiger partial charge is 0.338 e. The molecule has 0 bridgehead atoms. The molecule has 2 heterocycles. The van der Waals surface area contributed by atoms with Crippen LogP contribution in [0.1, 0.15) is 64.6 Å². The summed E-state index contributed by atoms with van der Waals surface area (Å²) >= 11 is 0. The fraction of sp³-hybridized carbons (Fsp3) is 0.875. The van der Waals surface area contributed by atoms with Crippen molar-refractivity contribution in [3.8, 4) is 0 Å². The van der Waals surface area contributed by atoms with Crippen molar-refractivity contribution in [1.29, 1.82) is 0 Å². The van der Waals surface area contributed by atoms with E-state index < -0.39 is 0 Å². The van der Waals surface area contributed by atoms with Crippen LogP contribution >= 0.6 is 0 Å². The fourth-order valence-electron chi connectivity index (χ4n) is 3.62. The molecule has 1 aromatic rings. The van der Waals surface area contributed by atoms with E-state index in [2.05, 4.69) is 41.1 Å². The van der Waals surface area contributed by atoms with E-state index in [1.54, 1.807) is 0 Å². The van der Waals surface area contributed by atoms with E-state index in [4.69, 9.17) is 4.52 Å². The minimum absolute atomic E-state index is 0.0479. The second kappa shape index (κ2) is 5.69. The van der Waals surface area contributed by atoms with Gasteiger partial charge in [0.1, 0.15) is 0 Å². The molecule has 5 heteroatoms. The lowest BCUT2D eigenvalue weighted by molar-refractivity contribution is 0.0135. The Morgan fingerprint density at radius 1 is 1.24 bits per heavy atom. The van der Waals surface area contributed by atoms with Crippen molar-refractivity contribution in [1.82, 2.24) is 20.4 Å². The molecule has 1 aliphatic carbocycles. The van der Waals surface area contributed by atoms with Crippen molar-refractivity contribution < 1.29 is 4.52 Å². The second-order valence-electron chi connectivity index (χ2n) is 7.65. The maximum atomic E-state index is 5.50.